The highest BCUT2D eigenvalue weighted by molar-refractivity contribution is 9.12. The minimum Gasteiger partial charge on any atom is -0.466 e. The zero-order chi connectivity index (χ0) is 8.85. The summed E-state index contributed by atoms with van der Waals surface area (Å²) in [4.78, 5) is 11.2. The van der Waals surface area contributed by atoms with Crippen molar-refractivity contribution >= 4 is 37.8 Å². The first kappa shape index (κ1) is 11.4. The number of hydrogen-bond acceptors (Lipinski definition) is 2. The van der Waals surface area contributed by atoms with E-state index in [-0.39, 0.29) is 16.7 Å². The van der Waals surface area contributed by atoms with Gasteiger partial charge < -0.3 is 4.74 Å². The number of rotatable bonds is 4. The van der Waals surface area contributed by atoms with Crippen LogP contribution in [-0.4, -0.2) is 22.7 Å². The highest BCUT2D eigenvalue weighted by Crippen LogP contribution is 2.16. The van der Waals surface area contributed by atoms with Gasteiger partial charge >= 0.3 is 5.97 Å². The molecule has 0 amide bonds. The van der Waals surface area contributed by atoms with Gasteiger partial charge in [0.15, 0.2) is 0 Å². The quantitative estimate of drug-likeness (QED) is 0.586. The van der Waals surface area contributed by atoms with E-state index >= 15 is 0 Å². The van der Waals surface area contributed by atoms with Gasteiger partial charge in [0.2, 0.25) is 0 Å². The first-order valence-electron chi connectivity index (χ1n) is 3.50. The van der Waals surface area contributed by atoms with E-state index in [2.05, 4.69) is 31.9 Å². The molecule has 66 valence electrons. The molecular weight excluding hydrogens is 276 g/mol. The summed E-state index contributed by atoms with van der Waals surface area (Å²) in [6, 6.07) is 0. The summed E-state index contributed by atoms with van der Waals surface area (Å²) < 4.78 is 4.84. The Morgan fingerprint density at radius 2 is 2.18 bits per heavy atom. The Hall–Kier alpha value is 0.430. The van der Waals surface area contributed by atoms with Crippen LogP contribution in [0.1, 0.15) is 13.8 Å². The molecule has 0 aliphatic carbocycles. The van der Waals surface area contributed by atoms with Gasteiger partial charge in [-0.2, -0.15) is 0 Å². The fraction of sp³-hybridized carbons (Fsp3) is 0.857. The van der Waals surface area contributed by atoms with E-state index in [1.54, 1.807) is 0 Å². The summed E-state index contributed by atoms with van der Waals surface area (Å²) in [5.74, 6) is -0.233. The van der Waals surface area contributed by atoms with Gasteiger partial charge in [-0.05, 0) is 6.92 Å². The van der Waals surface area contributed by atoms with E-state index in [0.29, 0.717) is 6.61 Å². The number of ether oxygens (including phenoxy) is 1. The molecule has 2 nitrogen and oxygen atoms in total. The van der Waals surface area contributed by atoms with E-state index in [4.69, 9.17) is 4.74 Å². The van der Waals surface area contributed by atoms with Gasteiger partial charge in [0.1, 0.15) is 0 Å². The molecule has 0 radical (unpaired) electrons. The minimum absolute atomic E-state index is 0.0886. The predicted octanol–water partition coefficient (Wildman–Crippen LogP) is 2.34. The highest BCUT2D eigenvalue weighted by Gasteiger charge is 2.21. The number of carbonyl (C=O) groups is 1. The SMILES string of the molecule is CCOC(=O)C(C)C(Br)CBr. The Morgan fingerprint density at radius 3 is 2.55 bits per heavy atom. The molecule has 0 aromatic heterocycles. The van der Waals surface area contributed by atoms with Crippen molar-refractivity contribution in [3.05, 3.63) is 0 Å². The topological polar surface area (TPSA) is 26.3 Å². The van der Waals surface area contributed by atoms with Crippen LogP contribution in [-0.2, 0) is 9.53 Å². The summed E-state index contributed by atoms with van der Waals surface area (Å²) in [6.45, 7) is 4.10. The molecule has 0 aliphatic heterocycles. The lowest BCUT2D eigenvalue weighted by atomic mass is 10.1. The second kappa shape index (κ2) is 6.00. The van der Waals surface area contributed by atoms with Crippen LogP contribution in [0.2, 0.25) is 0 Å². The summed E-state index contributed by atoms with van der Waals surface area (Å²) in [7, 11) is 0. The zero-order valence-corrected chi connectivity index (χ0v) is 9.81. The summed E-state index contributed by atoms with van der Waals surface area (Å²) in [5.41, 5.74) is 0. The van der Waals surface area contributed by atoms with Gasteiger partial charge in [-0.15, -0.1) is 0 Å². The Bertz CT molecular complexity index is 128. The molecular formula is C7H12Br2O2. The number of hydrogen-bond donors (Lipinski definition) is 0. The second-order valence-electron chi connectivity index (χ2n) is 2.21. The van der Waals surface area contributed by atoms with Crippen LogP contribution < -0.4 is 0 Å². The van der Waals surface area contributed by atoms with E-state index < -0.39 is 0 Å². The number of halogens is 2. The Labute approximate surface area is 83.9 Å². The normalized spacial score (nSPS) is 15.6. The molecule has 2 atom stereocenters. The summed E-state index contributed by atoms with van der Waals surface area (Å²) in [6.07, 6.45) is 0. The van der Waals surface area contributed by atoms with Crippen molar-refractivity contribution in [1.29, 1.82) is 0 Å². The number of carbonyl (C=O) groups excluding carboxylic acids is 1. The third kappa shape index (κ3) is 4.11. The lowest BCUT2D eigenvalue weighted by Gasteiger charge is -2.13. The van der Waals surface area contributed by atoms with Crippen LogP contribution >= 0.6 is 31.9 Å². The Kier molecular flexibility index (Phi) is 6.24. The van der Waals surface area contributed by atoms with Crippen LogP contribution in [0.25, 0.3) is 0 Å². The molecule has 2 unspecified atom stereocenters. The van der Waals surface area contributed by atoms with E-state index in [1.165, 1.54) is 0 Å². The molecule has 0 aliphatic rings. The maximum absolute atomic E-state index is 11.1. The van der Waals surface area contributed by atoms with Crippen LogP contribution in [0.4, 0.5) is 0 Å². The standard InChI is InChI=1S/C7H12Br2O2/c1-3-11-7(10)5(2)6(9)4-8/h5-6H,3-4H2,1-2H3. The predicted molar refractivity (Wildman–Crippen MR) is 52.3 cm³/mol. The number of esters is 1. The molecule has 0 heterocycles. The van der Waals surface area contributed by atoms with E-state index in [9.17, 15) is 4.79 Å². The molecule has 4 heteroatoms. The first-order valence-corrected chi connectivity index (χ1v) is 5.53. The third-order valence-electron chi connectivity index (χ3n) is 1.35. The Balaban J connectivity index is 3.80. The van der Waals surface area contributed by atoms with Crippen molar-refractivity contribution in [1.82, 2.24) is 0 Å². The molecule has 0 bridgehead atoms. The lowest BCUT2D eigenvalue weighted by molar-refractivity contribution is -0.147. The number of alkyl halides is 2. The average molecular weight is 288 g/mol. The molecule has 0 saturated heterocycles. The van der Waals surface area contributed by atoms with Crippen LogP contribution in [0.5, 0.6) is 0 Å². The maximum atomic E-state index is 11.1. The summed E-state index contributed by atoms with van der Waals surface area (Å²) >= 11 is 6.65. The van der Waals surface area contributed by atoms with Crippen molar-refractivity contribution in [2.75, 3.05) is 11.9 Å². The van der Waals surface area contributed by atoms with Crippen LogP contribution in [0.3, 0.4) is 0 Å². The second-order valence-corrected chi connectivity index (χ2v) is 4.03. The lowest BCUT2D eigenvalue weighted by Crippen LogP contribution is -2.24. The van der Waals surface area contributed by atoms with Crippen LogP contribution in [0, 0.1) is 5.92 Å². The maximum Gasteiger partial charge on any atom is 0.309 e. The van der Waals surface area contributed by atoms with Crippen molar-refractivity contribution in [3.8, 4) is 0 Å². The van der Waals surface area contributed by atoms with Gasteiger partial charge in [0, 0.05) is 10.2 Å². The van der Waals surface area contributed by atoms with Gasteiger partial charge in [-0.25, -0.2) is 0 Å². The third-order valence-corrected chi connectivity index (χ3v) is 4.03. The largest absolute Gasteiger partial charge is 0.466 e. The van der Waals surface area contributed by atoms with E-state index in [1.807, 2.05) is 13.8 Å². The molecule has 0 fully saturated rings. The molecule has 0 N–H and O–H groups in total. The summed E-state index contributed by atoms with van der Waals surface area (Å²) in [5, 5.41) is 0.757. The van der Waals surface area contributed by atoms with Gasteiger partial charge in [0.25, 0.3) is 0 Å². The molecule has 0 aromatic rings. The fourth-order valence-electron chi connectivity index (χ4n) is 0.555. The van der Waals surface area contributed by atoms with Gasteiger partial charge in [-0.1, -0.05) is 38.8 Å². The van der Waals surface area contributed by atoms with Crippen molar-refractivity contribution in [2.24, 2.45) is 5.92 Å². The Morgan fingerprint density at radius 1 is 1.64 bits per heavy atom. The van der Waals surface area contributed by atoms with Crippen LogP contribution in [0.15, 0.2) is 0 Å². The zero-order valence-electron chi connectivity index (χ0n) is 6.64. The molecule has 11 heavy (non-hydrogen) atoms. The van der Waals surface area contributed by atoms with E-state index in [0.717, 1.165) is 5.33 Å². The van der Waals surface area contributed by atoms with Crippen molar-refractivity contribution in [2.45, 2.75) is 18.7 Å². The smallest absolute Gasteiger partial charge is 0.309 e. The first-order chi connectivity index (χ1) is 5.13. The monoisotopic (exact) mass is 286 g/mol. The minimum atomic E-state index is -0.145. The molecule has 0 rings (SSSR count). The van der Waals surface area contributed by atoms with Crippen molar-refractivity contribution < 1.29 is 9.53 Å². The fourth-order valence-corrected chi connectivity index (χ4v) is 1.33. The van der Waals surface area contributed by atoms with Gasteiger partial charge in [-0.3, -0.25) is 4.79 Å². The van der Waals surface area contributed by atoms with Crippen molar-refractivity contribution in [3.63, 3.8) is 0 Å². The molecule has 0 aromatic carbocycles. The average Bonchev–Trinajstić information content (AvgIpc) is 2.02. The van der Waals surface area contributed by atoms with Gasteiger partial charge in [0.05, 0.1) is 12.5 Å². The molecule has 0 spiro atoms. The highest BCUT2D eigenvalue weighted by atomic mass is 79.9. The molecule has 0 saturated carbocycles.